The third kappa shape index (κ3) is 5.95. The lowest BCUT2D eigenvalue weighted by Gasteiger charge is -2.25. The van der Waals surface area contributed by atoms with Crippen molar-refractivity contribution in [3.05, 3.63) is 58.0 Å². The maximum Gasteiger partial charge on any atom is 0.252 e. The normalized spacial score (nSPS) is 12.0. The van der Waals surface area contributed by atoms with Gasteiger partial charge in [0.25, 0.3) is 5.91 Å². The predicted octanol–water partition coefficient (Wildman–Crippen LogP) is 2.43. The highest BCUT2D eigenvalue weighted by molar-refractivity contribution is 7.08. The summed E-state index contributed by atoms with van der Waals surface area (Å²) in [5, 5.41) is 9.14. The molecule has 2 N–H and O–H groups in total. The van der Waals surface area contributed by atoms with Gasteiger partial charge in [0.1, 0.15) is 5.82 Å². The van der Waals surface area contributed by atoms with Crippen LogP contribution in [0, 0.1) is 5.82 Å². The number of halogens is 1. The van der Waals surface area contributed by atoms with Crippen LogP contribution in [0.15, 0.2) is 41.1 Å². The molecule has 1 aromatic carbocycles. The number of thiophene rings is 1. The molecule has 0 bridgehead atoms. The summed E-state index contributed by atoms with van der Waals surface area (Å²) in [6.07, 6.45) is 0.194. The number of likely N-dealkylation sites (N-methyl/N-ethyl adjacent to an activating group) is 1. The summed E-state index contributed by atoms with van der Waals surface area (Å²) in [6.45, 7) is 0.640. The highest BCUT2D eigenvalue weighted by Gasteiger charge is 2.16. The molecule has 2 rings (SSSR count). The molecule has 0 aliphatic carbocycles. The first kappa shape index (κ1) is 19.1. The summed E-state index contributed by atoms with van der Waals surface area (Å²) in [5.74, 6) is -0.638. The topological polar surface area (TPSA) is 61.4 Å². The lowest BCUT2D eigenvalue weighted by atomic mass is 10.1. The number of hydrogen-bond donors (Lipinski definition) is 2. The fourth-order valence-corrected chi connectivity index (χ4v) is 3.03. The second kappa shape index (κ2) is 9.29. The summed E-state index contributed by atoms with van der Waals surface area (Å²) in [5.41, 5.74) is 1.40. The van der Waals surface area contributed by atoms with Gasteiger partial charge in [0.2, 0.25) is 5.91 Å². The number of hydrogen-bond acceptors (Lipinski definition) is 4. The Balaban J connectivity index is 1.78. The SMILES string of the molecule is CN(C)C(CNC(=O)CCNC(=O)c1ccsc1)c1cccc(F)c1. The summed E-state index contributed by atoms with van der Waals surface area (Å²) in [4.78, 5) is 25.7. The molecule has 1 unspecified atom stereocenters. The van der Waals surface area contributed by atoms with Crippen LogP contribution in [0.25, 0.3) is 0 Å². The number of carbonyl (C=O) groups excluding carboxylic acids is 2. The lowest BCUT2D eigenvalue weighted by molar-refractivity contribution is -0.121. The standard InChI is InChI=1S/C18H22FN3O2S/c1-22(2)16(13-4-3-5-15(19)10-13)11-21-17(23)6-8-20-18(24)14-7-9-25-12-14/h3-5,7,9-10,12,16H,6,8,11H2,1-2H3,(H,20,24)(H,21,23). The molecule has 1 atom stereocenters. The minimum absolute atomic E-state index is 0.125. The van der Waals surface area contributed by atoms with E-state index in [0.29, 0.717) is 12.1 Å². The van der Waals surface area contributed by atoms with Gasteiger partial charge in [-0.3, -0.25) is 9.59 Å². The van der Waals surface area contributed by atoms with Gasteiger partial charge in [-0.15, -0.1) is 0 Å². The zero-order valence-electron chi connectivity index (χ0n) is 14.3. The molecule has 0 fully saturated rings. The van der Waals surface area contributed by atoms with Crippen molar-refractivity contribution < 1.29 is 14.0 Å². The Bertz CT molecular complexity index is 704. The van der Waals surface area contributed by atoms with E-state index in [4.69, 9.17) is 0 Å². The van der Waals surface area contributed by atoms with Gasteiger partial charge < -0.3 is 15.5 Å². The smallest absolute Gasteiger partial charge is 0.252 e. The molecular weight excluding hydrogens is 341 g/mol. The van der Waals surface area contributed by atoms with Crippen LogP contribution >= 0.6 is 11.3 Å². The van der Waals surface area contributed by atoms with Crippen LogP contribution in [-0.2, 0) is 4.79 Å². The fraction of sp³-hybridized carbons (Fsp3) is 0.333. The number of nitrogens with zero attached hydrogens (tertiary/aromatic N) is 1. The summed E-state index contributed by atoms with van der Waals surface area (Å²) < 4.78 is 13.4. The fourth-order valence-electron chi connectivity index (χ4n) is 2.40. The molecule has 0 saturated carbocycles. The second-order valence-corrected chi connectivity index (χ2v) is 6.64. The van der Waals surface area contributed by atoms with Gasteiger partial charge >= 0.3 is 0 Å². The van der Waals surface area contributed by atoms with Crippen molar-refractivity contribution in [1.29, 1.82) is 0 Å². The Labute approximate surface area is 150 Å². The monoisotopic (exact) mass is 363 g/mol. The van der Waals surface area contributed by atoms with Crippen LogP contribution in [0.5, 0.6) is 0 Å². The lowest BCUT2D eigenvalue weighted by Crippen LogP contribution is -2.36. The largest absolute Gasteiger partial charge is 0.354 e. The van der Waals surface area contributed by atoms with Crippen LogP contribution < -0.4 is 10.6 Å². The molecule has 134 valence electrons. The van der Waals surface area contributed by atoms with Crippen molar-refractivity contribution in [3.8, 4) is 0 Å². The number of carbonyl (C=O) groups is 2. The first-order valence-electron chi connectivity index (χ1n) is 7.96. The van der Waals surface area contributed by atoms with Gasteiger partial charge in [-0.1, -0.05) is 12.1 Å². The van der Waals surface area contributed by atoms with Gasteiger partial charge in [-0.2, -0.15) is 11.3 Å². The van der Waals surface area contributed by atoms with E-state index in [9.17, 15) is 14.0 Å². The highest BCUT2D eigenvalue weighted by atomic mass is 32.1. The molecule has 25 heavy (non-hydrogen) atoms. The maximum absolute atomic E-state index is 13.4. The number of rotatable bonds is 8. The minimum Gasteiger partial charge on any atom is -0.354 e. The van der Waals surface area contributed by atoms with E-state index in [1.807, 2.05) is 30.4 Å². The minimum atomic E-state index is -0.299. The maximum atomic E-state index is 13.4. The predicted molar refractivity (Wildman–Crippen MR) is 97.1 cm³/mol. The van der Waals surface area contributed by atoms with E-state index in [0.717, 1.165) is 5.56 Å². The Morgan fingerprint density at radius 2 is 2.04 bits per heavy atom. The van der Waals surface area contributed by atoms with E-state index in [1.165, 1.54) is 23.5 Å². The molecule has 5 nitrogen and oxygen atoms in total. The molecule has 2 amide bonds. The van der Waals surface area contributed by atoms with E-state index >= 15 is 0 Å². The molecule has 0 spiro atoms. The molecule has 0 radical (unpaired) electrons. The van der Waals surface area contributed by atoms with Gasteiger partial charge in [-0.25, -0.2) is 4.39 Å². The van der Waals surface area contributed by atoms with E-state index < -0.39 is 0 Å². The van der Waals surface area contributed by atoms with E-state index in [2.05, 4.69) is 10.6 Å². The van der Waals surface area contributed by atoms with Crippen molar-refractivity contribution >= 4 is 23.2 Å². The Kier molecular flexibility index (Phi) is 7.09. The third-order valence-electron chi connectivity index (χ3n) is 3.77. The molecular formula is C18H22FN3O2S. The van der Waals surface area contributed by atoms with Crippen LogP contribution in [0.2, 0.25) is 0 Å². The first-order chi connectivity index (χ1) is 12.0. The van der Waals surface area contributed by atoms with Gasteiger partial charge in [0.05, 0.1) is 6.04 Å². The Hall–Kier alpha value is -2.25. The van der Waals surface area contributed by atoms with Crippen molar-refractivity contribution in [2.24, 2.45) is 0 Å². The summed E-state index contributed by atoms with van der Waals surface area (Å²) in [7, 11) is 3.76. The second-order valence-electron chi connectivity index (χ2n) is 5.86. The number of nitrogens with one attached hydrogen (secondary N) is 2. The quantitative estimate of drug-likeness (QED) is 0.757. The van der Waals surface area contributed by atoms with Crippen LogP contribution in [-0.4, -0.2) is 43.9 Å². The zero-order valence-corrected chi connectivity index (χ0v) is 15.1. The van der Waals surface area contributed by atoms with Crippen molar-refractivity contribution in [3.63, 3.8) is 0 Å². The van der Waals surface area contributed by atoms with Gasteiger partial charge in [-0.05, 0) is 43.2 Å². The third-order valence-corrected chi connectivity index (χ3v) is 4.45. The summed E-state index contributed by atoms with van der Waals surface area (Å²) in [6, 6.07) is 7.97. The Morgan fingerprint density at radius 1 is 1.24 bits per heavy atom. The van der Waals surface area contributed by atoms with Crippen LogP contribution in [0.3, 0.4) is 0 Å². The molecule has 1 heterocycles. The van der Waals surface area contributed by atoms with Gasteiger partial charge in [0, 0.05) is 30.5 Å². The Morgan fingerprint density at radius 3 is 2.68 bits per heavy atom. The molecule has 0 aliphatic heterocycles. The number of amides is 2. The van der Waals surface area contributed by atoms with Gasteiger partial charge in [0.15, 0.2) is 0 Å². The highest BCUT2D eigenvalue weighted by Crippen LogP contribution is 2.18. The first-order valence-corrected chi connectivity index (χ1v) is 8.90. The molecule has 0 saturated heterocycles. The molecule has 2 aromatic rings. The number of benzene rings is 1. The van der Waals surface area contributed by atoms with Crippen LogP contribution in [0.4, 0.5) is 4.39 Å². The van der Waals surface area contributed by atoms with E-state index in [-0.39, 0.29) is 36.6 Å². The van der Waals surface area contributed by atoms with Crippen molar-refractivity contribution in [1.82, 2.24) is 15.5 Å². The zero-order chi connectivity index (χ0) is 18.2. The van der Waals surface area contributed by atoms with Crippen molar-refractivity contribution in [2.75, 3.05) is 27.2 Å². The summed E-state index contributed by atoms with van der Waals surface area (Å²) >= 11 is 1.45. The average molecular weight is 363 g/mol. The average Bonchev–Trinajstić information content (AvgIpc) is 3.09. The molecule has 0 aliphatic rings. The molecule has 7 heteroatoms. The van der Waals surface area contributed by atoms with E-state index in [1.54, 1.807) is 17.5 Å². The molecule has 1 aromatic heterocycles. The van der Waals surface area contributed by atoms with Crippen LogP contribution in [0.1, 0.15) is 28.4 Å². The van der Waals surface area contributed by atoms with Crippen molar-refractivity contribution in [2.45, 2.75) is 12.5 Å².